The lowest BCUT2D eigenvalue weighted by atomic mass is 9.65. The summed E-state index contributed by atoms with van der Waals surface area (Å²) in [6.45, 7) is 4.90. The lowest BCUT2D eigenvalue weighted by molar-refractivity contribution is -0.137. The Kier molecular flexibility index (Phi) is 4.16. The Morgan fingerprint density at radius 3 is 2.39 bits per heavy atom. The van der Waals surface area contributed by atoms with Crippen LogP contribution in [0.15, 0.2) is 35.9 Å². The number of aliphatic hydroxyl groups is 1. The van der Waals surface area contributed by atoms with Crippen LogP contribution in [0.5, 0.6) is 0 Å². The van der Waals surface area contributed by atoms with Crippen LogP contribution in [0.4, 0.5) is 13.2 Å². The van der Waals surface area contributed by atoms with E-state index in [1.807, 2.05) is 0 Å². The Balaban J connectivity index is 2.54. The summed E-state index contributed by atoms with van der Waals surface area (Å²) in [4.78, 5) is 11.7. The quantitative estimate of drug-likeness (QED) is 0.739. The van der Waals surface area contributed by atoms with Gasteiger partial charge in [-0.1, -0.05) is 37.8 Å². The molecule has 0 saturated heterocycles. The lowest BCUT2D eigenvalue weighted by Gasteiger charge is -2.42. The zero-order valence-corrected chi connectivity index (χ0v) is 13.1. The highest BCUT2D eigenvalue weighted by atomic mass is 19.4. The minimum atomic E-state index is -4.52. The van der Waals surface area contributed by atoms with E-state index in [9.17, 15) is 23.1 Å². The highest BCUT2D eigenvalue weighted by molar-refractivity contribution is 5.93. The minimum absolute atomic E-state index is 0.0798. The van der Waals surface area contributed by atoms with Gasteiger partial charge in [0.15, 0.2) is 11.4 Å². The molecule has 1 aliphatic rings. The number of hydrogen-bond donors (Lipinski definition) is 1. The maximum absolute atomic E-state index is 13.0. The molecule has 23 heavy (non-hydrogen) atoms. The Hall–Kier alpha value is -2.06. The first-order valence-corrected chi connectivity index (χ1v) is 7.11. The predicted octanol–water partition coefficient (Wildman–Crippen LogP) is 3.73. The van der Waals surface area contributed by atoms with Crippen LogP contribution in [0.1, 0.15) is 38.3 Å². The number of rotatable bonds is 0. The van der Waals surface area contributed by atoms with Gasteiger partial charge in [-0.25, -0.2) is 0 Å². The summed E-state index contributed by atoms with van der Waals surface area (Å²) in [6, 6.07) is 4.96. The van der Waals surface area contributed by atoms with E-state index in [-0.39, 0.29) is 17.8 Å². The molecule has 1 aliphatic carbocycles. The monoisotopic (exact) mass is 322 g/mol. The van der Waals surface area contributed by atoms with Gasteiger partial charge in [0.05, 0.1) is 5.56 Å². The van der Waals surface area contributed by atoms with Crippen molar-refractivity contribution < 1.29 is 23.1 Å². The summed E-state index contributed by atoms with van der Waals surface area (Å²) in [5.74, 6) is 4.90. The van der Waals surface area contributed by atoms with E-state index < -0.39 is 22.8 Å². The van der Waals surface area contributed by atoms with E-state index in [0.29, 0.717) is 5.57 Å². The average molecular weight is 322 g/mol. The van der Waals surface area contributed by atoms with E-state index in [4.69, 9.17) is 0 Å². The van der Waals surface area contributed by atoms with Gasteiger partial charge in [-0.3, -0.25) is 4.79 Å². The Labute approximate surface area is 133 Å². The van der Waals surface area contributed by atoms with E-state index in [1.165, 1.54) is 24.3 Å². The van der Waals surface area contributed by atoms with Crippen molar-refractivity contribution in [2.45, 2.75) is 39.0 Å². The van der Waals surface area contributed by atoms with Crippen molar-refractivity contribution in [1.82, 2.24) is 0 Å². The zero-order valence-electron chi connectivity index (χ0n) is 13.1. The Bertz CT molecular complexity index is 733. The second-order valence-electron chi connectivity index (χ2n) is 6.36. The maximum atomic E-state index is 13.0. The van der Waals surface area contributed by atoms with Gasteiger partial charge in [0.1, 0.15) is 0 Å². The highest BCUT2D eigenvalue weighted by Crippen LogP contribution is 2.43. The van der Waals surface area contributed by atoms with Crippen molar-refractivity contribution >= 4 is 5.78 Å². The highest BCUT2D eigenvalue weighted by Gasteiger charge is 2.47. The topological polar surface area (TPSA) is 37.3 Å². The molecule has 2 nitrogen and oxygen atoms in total. The molecular formula is C18H17F3O2. The van der Waals surface area contributed by atoms with Gasteiger partial charge < -0.3 is 5.11 Å². The van der Waals surface area contributed by atoms with Crippen LogP contribution in [0.25, 0.3) is 0 Å². The van der Waals surface area contributed by atoms with E-state index in [0.717, 1.165) is 6.07 Å². The molecule has 0 amide bonds. The van der Waals surface area contributed by atoms with Gasteiger partial charge >= 0.3 is 6.18 Å². The van der Waals surface area contributed by atoms with Crippen molar-refractivity contribution in [3.63, 3.8) is 0 Å². The summed E-state index contributed by atoms with van der Waals surface area (Å²) in [7, 11) is 0. The van der Waals surface area contributed by atoms with Crippen LogP contribution in [-0.2, 0) is 11.0 Å². The normalized spacial score (nSPS) is 23.8. The van der Waals surface area contributed by atoms with E-state index in [1.54, 1.807) is 20.8 Å². The summed E-state index contributed by atoms with van der Waals surface area (Å²) in [5, 5.41) is 10.9. The third-order valence-corrected chi connectivity index (χ3v) is 4.15. The summed E-state index contributed by atoms with van der Waals surface area (Å²) in [5.41, 5.74) is -3.24. The SMILES string of the molecule is CC1=CC(=O)CC(C)(C)C1(O)C#Cc1ccccc1C(F)(F)F. The number of benzene rings is 1. The van der Waals surface area contributed by atoms with Crippen LogP contribution in [-0.4, -0.2) is 16.5 Å². The van der Waals surface area contributed by atoms with Crippen LogP contribution in [0, 0.1) is 17.3 Å². The van der Waals surface area contributed by atoms with Crippen LogP contribution in [0.3, 0.4) is 0 Å². The predicted molar refractivity (Wildman–Crippen MR) is 80.4 cm³/mol. The first-order chi connectivity index (χ1) is 10.5. The van der Waals surface area contributed by atoms with Gasteiger partial charge in [-0.2, -0.15) is 13.2 Å². The zero-order chi connectivity index (χ0) is 17.5. The van der Waals surface area contributed by atoms with Gasteiger partial charge in [-0.15, -0.1) is 0 Å². The number of ketones is 1. The molecule has 1 aromatic carbocycles. The summed E-state index contributed by atoms with van der Waals surface area (Å²) >= 11 is 0. The molecule has 0 radical (unpaired) electrons. The molecule has 0 aromatic heterocycles. The molecule has 1 atom stereocenters. The molecule has 2 rings (SSSR count). The maximum Gasteiger partial charge on any atom is 0.417 e. The van der Waals surface area contributed by atoms with Gasteiger partial charge in [-0.05, 0) is 30.7 Å². The number of hydrogen-bond acceptors (Lipinski definition) is 2. The molecule has 1 unspecified atom stereocenters. The first-order valence-electron chi connectivity index (χ1n) is 7.11. The third-order valence-electron chi connectivity index (χ3n) is 4.15. The largest absolute Gasteiger partial charge is 0.417 e. The van der Waals surface area contributed by atoms with Crippen LogP contribution < -0.4 is 0 Å². The van der Waals surface area contributed by atoms with Crippen molar-refractivity contribution in [2.75, 3.05) is 0 Å². The van der Waals surface area contributed by atoms with Gasteiger partial charge in [0.2, 0.25) is 0 Å². The van der Waals surface area contributed by atoms with Crippen molar-refractivity contribution in [2.24, 2.45) is 5.41 Å². The molecule has 0 heterocycles. The average Bonchev–Trinajstić information content (AvgIpc) is 2.41. The van der Waals surface area contributed by atoms with Crippen LogP contribution in [0.2, 0.25) is 0 Å². The van der Waals surface area contributed by atoms with Crippen LogP contribution >= 0.6 is 0 Å². The second kappa shape index (κ2) is 5.54. The van der Waals surface area contributed by atoms with Crippen molar-refractivity contribution in [3.8, 4) is 11.8 Å². The number of halogens is 3. The molecule has 1 aromatic rings. The molecule has 0 aliphatic heterocycles. The minimum Gasteiger partial charge on any atom is -0.373 e. The Morgan fingerprint density at radius 1 is 1.22 bits per heavy atom. The number of allylic oxidation sites excluding steroid dienone is 1. The number of carbonyl (C=O) groups excluding carboxylic acids is 1. The molecule has 0 spiro atoms. The van der Waals surface area contributed by atoms with Gasteiger partial charge in [0.25, 0.3) is 0 Å². The first kappa shape index (κ1) is 17.3. The molecular weight excluding hydrogens is 305 g/mol. The van der Waals surface area contributed by atoms with Crippen molar-refractivity contribution in [3.05, 3.63) is 47.0 Å². The van der Waals surface area contributed by atoms with E-state index >= 15 is 0 Å². The molecule has 0 bridgehead atoms. The fraction of sp³-hybridized carbons (Fsp3) is 0.389. The molecule has 5 heteroatoms. The smallest absolute Gasteiger partial charge is 0.373 e. The fourth-order valence-electron chi connectivity index (χ4n) is 2.76. The van der Waals surface area contributed by atoms with Crippen molar-refractivity contribution in [1.29, 1.82) is 0 Å². The number of alkyl halides is 3. The molecule has 0 saturated carbocycles. The summed E-state index contributed by atoms with van der Waals surface area (Å²) in [6.07, 6.45) is -3.14. The second-order valence-corrected chi connectivity index (χ2v) is 6.36. The van der Waals surface area contributed by atoms with E-state index in [2.05, 4.69) is 11.8 Å². The molecule has 122 valence electrons. The van der Waals surface area contributed by atoms with Gasteiger partial charge in [0, 0.05) is 17.4 Å². The standard InChI is InChI=1S/C18H17F3O2/c1-12-10-14(22)11-16(2,3)17(12,23)9-8-13-6-4-5-7-15(13)18(19,20)21/h4-7,10,23H,11H2,1-3H3. The Morgan fingerprint density at radius 2 is 1.83 bits per heavy atom. The third kappa shape index (κ3) is 3.18. The number of carbonyl (C=O) groups is 1. The molecule has 1 N–H and O–H groups in total. The lowest BCUT2D eigenvalue weighted by Crippen LogP contribution is -2.48. The summed E-state index contributed by atoms with van der Waals surface area (Å²) < 4.78 is 39.0. The molecule has 0 fully saturated rings. The fourth-order valence-corrected chi connectivity index (χ4v) is 2.76.